The predicted molar refractivity (Wildman–Crippen MR) is 72.9 cm³/mol. The maximum Gasteiger partial charge on any atom is 0.255 e. The Morgan fingerprint density at radius 3 is 2.89 bits per heavy atom. The third kappa shape index (κ3) is 3.08. The minimum absolute atomic E-state index is 0.0343. The number of nitrogens with zero attached hydrogens (tertiary/aromatic N) is 1. The number of nitrogens with one attached hydrogen (secondary N) is 1. The van der Waals surface area contributed by atoms with Crippen LogP contribution < -0.4 is 11.1 Å². The lowest BCUT2D eigenvalue weighted by Gasteiger charge is -2.08. The lowest BCUT2D eigenvalue weighted by Crippen LogP contribution is -2.13. The van der Waals surface area contributed by atoms with Crippen molar-refractivity contribution >= 4 is 11.6 Å². The highest BCUT2D eigenvalue weighted by atomic mass is 16.3. The van der Waals surface area contributed by atoms with Gasteiger partial charge in [0.2, 0.25) is 0 Å². The van der Waals surface area contributed by atoms with E-state index >= 15 is 0 Å². The molecule has 0 radical (unpaired) electrons. The van der Waals surface area contributed by atoms with E-state index in [0.717, 1.165) is 5.56 Å². The third-order valence-corrected chi connectivity index (χ3v) is 2.69. The molecule has 1 aromatic carbocycles. The summed E-state index contributed by atoms with van der Waals surface area (Å²) in [6.07, 6.45) is 1.53. The first-order valence-electron chi connectivity index (χ1n) is 5.86. The van der Waals surface area contributed by atoms with Crippen LogP contribution in [0.5, 0.6) is 5.75 Å². The Hall–Kier alpha value is -2.40. The summed E-state index contributed by atoms with van der Waals surface area (Å²) in [5, 5.41) is 12.3. The predicted octanol–water partition coefficient (Wildman–Crippen LogP) is 1.81. The molecule has 0 fully saturated rings. The lowest BCUT2D eigenvalue weighted by atomic mass is 10.1. The number of benzene rings is 1. The fourth-order valence-corrected chi connectivity index (χ4v) is 1.68. The maximum atomic E-state index is 12.1. The number of rotatable bonds is 3. The number of phenols is 1. The normalized spacial score (nSPS) is 10.2. The average molecular weight is 257 g/mol. The number of amides is 1. The van der Waals surface area contributed by atoms with Gasteiger partial charge in [-0.2, -0.15) is 0 Å². The fourth-order valence-electron chi connectivity index (χ4n) is 1.68. The molecule has 0 aliphatic heterocycles. The summed E-state index contributed by atoms with van der Waals surface area (Å²) in [5.41, 5.74) is 7.91. The smallest absolute Gasteiger partial charge is 0.255 e. The van der Waals surface area contributed by atoms with E-state index in [1.165, 1.54) is 6.20 Å². The molecule has 1 heterocycles. The van der Waals surface area contributed by atoms with Gasteiger partial charge in [0.05, 0.1) is 11.4 Å². The summed E-state index contributed by atoms with van der Waals surface area (Å²) >= 11 is 0. The van der Waals surface area contributed by atoms with Crippen LogP contribution in [-0.4, -0.2) is 16.0 Å². The molecule has 0 bridgehead atoms. The van der Waals surface area contributed by atoms with Gasteiger partial charge >= 0.3 is 0 Å². The number of pyridine rings is 1. The zero-order valence-electron chi connectivity index (χ0n) is 10.6. The van der Waals surface area contributed by atoms with Gasteiger partial charge in [0, 0.05) is 18.3 Å². The number of anilines is 1. The van der Waals surface area contributed by atoms with Gasteiger partial charge in [0.15, 0.2) is 0 Å². The zero-order valence-corrected chi connectivity index (χ0v) is 10.6. The quantitative estimate of drug-likeness (QED) is 0.732. The number of carbonyl (C=O) groups is 1. The van der Waals surface area contributed by atoms with Crippen LogP contribution in [0, 0.1) is 6.92 Å². The molecule has 4 N–H and O–H groups in total. The molecule has 1 aromatic heterocycles. The molecule has 2 rings (SSSR count). The second kappa shape index (κ2) is 5.49. The minimum Gasteiger partial charge on any atom is -0.506 e. The monoisotopic (exact) mass is 257 g/mol. The molecule has 1 amide bonds. The van der Waals surface area contributed by atoms with Gasteiger partial charge in [-0.3, -0.25) is 9.78 Å². The molecule has 19 heavy (non-hydrogen) atoms. The van der Waals surface area contributed by atoms with E-state index in [9.17, 15) is 9.90 Å². The highest BCUT2D eigenvalue weighted by Crippen LogP contribution is 2.24. The van der Waals surface area contributed by atoms with Crippen molar-refractivity contribution < 1.29 is 9.90 Å². The van der Waals surface area contributed by atoms with Crippen LogP contribution in [0.15, 0.2) is 36.5 Å². The zero-order chi connectivity index (χ0) is 13.8. The summed E-state index contributed by atoms with van der Waals surface area (Å²) in [5.74, 6) is -0.273. The average Bonchev–Trinajstić information content (AvgIpc) is 2.43. The van der Waals surface area contributed by atoms with Crippen LogP contribution in [-0.2, 0) is 6.54 Å². The molecule has 98 valence electrons. The van der Waals surface area contributed by atoms with E-state index < -0.39 is 0 Å². The highest BCUT2D eigenvalue weighted by Gasteiger charge is 2.09. The van der Waals surface area contributed by atoms with Crippen molar-refractivity contribution in [2.45, 2.75) is 13.5 Å². The van der Waals surface area contributed by atoms with Gasteiger partial charge in [-0.25, -0.2) is 0 Å². The molecule has 0 saturated heterocycles. The highest BCUT2D eigenvalue weighted by molar-refractivity contribution is 6.05. The molecule has 0 aliphatic carbocycles. The molecule has 0 aliphatic rings. The van der Waals surface area contributed by atoms with Gasteiger partial charge in [0.25, 0.3) is 5.91 Å². The van der Waals surface area contributed by atoms with Gasteiger partial charge < -0.3 is 16.2 Å². The van der Waals surface area contributed by atoms with E-state index in [4.69, 9.17) is 5.73 Å². The summed E-state index contributed by atoms with van der Waals surface area (Å²) in [6.45, 7) is 2.16. The Balaban J connectivity index is 2.22. The Morgan fingerprint density at radius 1 is 1.37 bits per heavy atom. The van der Waals surface area contributed by atoms with Crippen molar-refractivity contribution in [1.29, 1.82) is 0 Å². The van der Waals surface area contributed by atoms with E-state index in [0.29, 0.717) is 16.9 Å². The standard InChI is InChI=1S/C14H15N3O2/c1-9-2-3-13(18)12(6-9)17-14(19)10-4-5-16-11(7-10)8-15/h2-7,18H,8,15H2,1H3,(H,17,19). The minimum atomic E-state index is -0.307. The van der Waals surface area contributed by atoms with E-state index in [2.05, 4.69) is 10.3 Å². The van der Waals surface area contributed by atoms with E-state index in [-0.39, 0.29) is 18.2 Å². The summed E-state index contributed by atoms with van der Waals surface area (Å²) < 4.78 is 0. The number of nitrogens with two attached hydrogens (primary N) is 1. The number of aryl methyl sites for hydroxylation is 1. The lowest BCUT2D eigenvalue weighted by molar-refractivity contribution is 0.102. The Labute approximate surface area is 111 Å². The number of aromatic nitrogens is 1. The Morgan fingerprint density at radius 2 is 2.16 bits per heavy atom. The number of hydrogen-bond acceptors (Lipinski definition) is 4. The maximum absolute atomic E-state index is 12.1. The molecule has 0 atom stereocenters. The molecular weight excluding hydrogens is 242 g/mol. The van der Waals surface area contributed by atoms with Crippen LogP contribution in [0.2, 0.25) is 0 Å². The first-order valence-corrected chi connectivity index (χ1v) is 5.86. The molecule has 5 nitrogen and oxygen atoms in total. The number of phenolic OH excluding ortho intramolecular Hbond substituents is 1. The van der Waals surface area contributed by atoms with Crippen molar-refractivity contribution in [3.8, 4) is 5.75 Å². The van der Waals surface area contributed by atoms with Crippen LogP contribution in [0.3, 0.4) is 0 Å². The molecule has 5 heteroatoms. The van der Waals surface area contributed by atoms with Crippen LogP contribution in [0.1, 0.15) is 21.6 Å². The molecule has 0 spiro atoms. The Kier molecular flexibility index (Phi) is 3.77. The SMILES string of the molecule is Cc1ccc(O)c(NC(=O)c2ccnc(CN)c2)c1. The van der Waals surface area contributed by atoms with E-state index in [1.807, 2.05) is 6.92 Å². The van der Waals surface area contributed by atoms with E-state index in [1.54, 1.807) is 30.3 Å². The van der Waals surface area contributed by atoms with Crippen LogP contribution in [0.4, 0.5) is 5.69 Å². The number of hydrogen-bond donors (Lipinski definition) is 3. The van der Waals surface area contributed by atoms with Crippen LogP contribution >= 0.6 is 0 Å². The first-order chi connectivity index (χ1) is 9.10. The second-order valence-electron chi connectivity index (χ2n) is 4.21. The molecule has 2 aromatic rings. The third-order valence-electron chi connectivity index (χ3n) is 2.69. The van der Waals surface area contributed by atoms with Crippen molar-refractivity contribution in [3.05, 3.63) is 53.3 Å². The number of carbonyl (C=O) groups excluding carboxylic acids is 1. The second-order valence-corrected chi connectivity index (χ2v) is 4.21. The Bertz CT molecular complexity index is 611. The fraction of sp³-hybridized carbons (Fsp3) is 0.143. The topological polar surface area (TPSA) is 88.2 Å². The van der Waals surface area contributed by atoms with Gasteiger partial charge in [-0.05, 0) is 36.8 Å². The molecular formula is C14H15N3O2. The van der Waals surface area contributed by atoms with Crippen molar-refractivity contribution in [2.75, 3.05) is 5.32 Å². The summed E-state index contributed by atoms with van der Waals surface area (Å²) in [4.78, 5) is 16.1. The van der Waals surface area contributed by atoms with Crippen molar-refractivity contribution in [1.82, 2.24) is 4.98 Å². The summed E-state index contributed by atoms with van der Waals surface area (Å²) in [7, 11) is 0. The van der Waals surface area contributed by atoms with Gasteiger partial charge in [0.1, 0.15) is 5.75 Å². The first kappa shape index (κ1) is 13.0. The van der Waals surface area contributed by atoms with Crippen molar-refractivity contribution in [3.63, 3.8) is 0 Å². The number of aromatic hydroxyl groups is 1. The van der Waals surface area contributed by atoms with Crippen LogP contribution in [0.25, 0.3) is 0 Å². The molecule has 0 saturated carbocycles. The van der Waals surface area contributed by atoms with Gasteiger partial charge in [-0.1, -0.05) is 6.07 Å². The summed E-state index contributed by atoms with van der Waals surface area (Å²) in [6, 6.07) is 8.24. The largest absolute Gasteiger partial charge is 0.506 e. The molecule has 0 unspecified atom stereocenters. The van der Waals surface area contributed by atoms with Crippen molar-refractivity contribution in [2.24, 2.45) is 5.73 Å². The van der Waals surface area contributed by atoms with Gasteiger partial charge in [-0.15, -0.1) is 0 Å².